The molecule has 0 aromatic carbocycles. The number of ether oxygens (including phenoxy) is 1. The van der Waals surface area contributed by atoms with Gasteiger partial charge in [-0.25, -0.2) is 4.79 Å². The van der Waals surface area contributed by atoms with Crippen LogP contribution < -0.4 is 10.4 Å². The number of methoxy groups -OCH3 is 1. The van der Waals surface area contributed by atoms with Gasteiger partial charge in [0.05, 0.1) is 13.2 Å². The lowest BCUT2D eigenvalue weighted by Crippen LogP contribution is -2.00. The molecular weight excluding hydrogens is 292 g/mol. The summed E-state index contributed by atoms with van der Waals surface area (Å²) in [6.07, 6.45) is 0. The maximum atomic E-state index is 10.9. The molecule has 0 saturated heterocycles. The molecule has 5 heteroatoms. The minimum absolute atomic E-state index is 0.173. The molecule has 0 saturated carbocycles. The summed E-state index contributed by atoms with van der Waals surface area (Å²) in [7, 11) is 1.50. The average Bonchev–Trinajstić information content (AvgIpc) is 2.03. The van der Waals surface area contributed by atoms with Crippen molar-refractivity contribution in [3.63, 3.8) is 0 Å². The van der Waals surface area contributed by atoms with E-state index < -0.39 is 5.63 Å². The summed E-state index contributed by atoms with van der Waals surface area (Å²) in [5.74, 6) is 0.976. The molecule has 1 aromatic heterocycles. The normalized spacial score (nSPS) is 10.3. The molecular formula is C7H6Br2O3. The SMILES string of the molecule is COc1cc(C(Br)Br)oc(=O)c1. The number of rotatable bonds is 2. The first-order valence-electron chi connectivity index (χ1n) is 3.10. The van der Waals surface area contributed by atoms with Crippen LogP contribution in [0.15, 0.2) is 21.3 Å². The smallest absolute Gasteiger partial charge is 0.339 e. The van der Waals surface area contributed by atoms with Gasteiger partial charge in [0, 0.05) is 6.07 Å². The van der Waals surface area contributed by atoms with Gasteiger partial charge >= 0.3 is 5.63 Å². The molecule has 0 aliphatic rings. The highest BCUT2D eigenvalue weighted by Gasteiger charge is 2.07. The fraction of sp³-hybridized carbons (Fsp3) is 0.286. The summed E-state index contributed by atoms with van der Waals surface area (Å²) in [5, 5.41) is 0. The molecule has 0 atom stereocenters. The van der Waals surface area contributed by atoms with Crippen molar-refractivity contribution in [3.8, 4) is 5.75 Å². The highest BCUT2D eigenvalue weighted by Crippen LogP contribution is 2.29. The molecule has 66 valence electrons. The molecule has 0 bridgehead atoms. The summed E-state index contributed by atoms with van der Waals surface area (Å²) in [6.45, 7) is 0. The minimum atomic E-state index is -0.423. The number of hydrogen-bond acceptors (Lipinski definition) is 3. The van der Waals surface area contributed by atoms with Crippen LogP contribution in [0, 0.1) is 0 Å². The van der Waals surface area contributed by atoms with Crippen molar-refractivity contribution in [2.24, 2.45) is 0 Å². The molecule has 3 nitrogen and oxygen atoms in total. The van der Waals surface area contributed by atoms with E-state index in [1.165, 1.54) is 13.2 Å². The second kappa shape index (κ2) is 4.09. The van der Waals surface area contributed by atoms with Crippen molar-refractivity contribution in [1.82, 2.24) is 0 Å². The molecule has 0 aliphatic carbocycles. The highest BCUT2D eigenvalue weighted by molar-refractivity contribution is 9.24. The maximum absolute atomic E-state index is 10.9. The molecule has 12 heavy (non-hydrogen) atoms. The summed E-state index contributed by atoms with van der Waals surface area (Å²) in [5.41, 5.74) is -0.423. The van der Waals surface area contributed by atoms with Gasteiger partial charge in [0.25, 0.3) is 0 Å². The molecule has 0 fully saturated rings. The maximum Gasteiger partial charge on any atom is 0.339 e. The zero-order chi connectivity index (χ0) is 9.14. The second-order valence-corrected chi connectivity index (χ2v) is 5.08. The van der Waals surface area contributed by atoms with Gasteiger partial charge in [-0.15, -0.1) is 0 Å². The van der Waals surface area contributed by atoms with Gasteiger partial charge in [0.15, 0.2) is 0 Å². The van der Waals surface area contributed by atoms with Gasteiger partial charge in [-0.05, 0) is 0 Å². The van der Waals surface area contributed by atoms with E-state index in [-0.39, 0.29) is 3.74 Å². The fourth-order valence-corrected chi connectivity index (χ4v) is 1.15. The first-order valence-corrected chi connectivity index (χ1v) is 4.94. The Kier molecular flexibility index (Phi) is 3.34. The van der Waals surface area contributed by atoms with Crippen molar-refractivity contribution in [2.45, 2.75) is 3.74 Å². The van der Waals surface area contributed by atoms with Crippen LogP contribution in [-0.2, 0) is 0 Å². The van der Waals surface area contributed by atoms with E-state index in [2.05, 4.69) is 31.9 Å². The first-order chi connectivity index (χ1) is 5.63. The summed E-state index contributed by atoms with van der Waals surface area (Å²) < 4.78 is 9.56. The standard InChI is InChI=1S/C7H6Br2O3/c1-11-4-2-5(7(8)9)12-6(10)3-4/h2-3,7H,1H3. The molecule has 1 aromatic rings. The summed E-state index contributed by atoms with van der Waals surface area (Å²) >= 11 is 6.42. The number of halogens is 2. The monoisotopic (exact) mass is 296 g/mol. The van der Waals surface area contributed by atoms with Gasteiger partial charge in [0.2, 0.25) is 0 Å². The van der Waals surface area contributed by atoms with Crippen LogP contribution in [0.1, 0.15) is 9.50 Å². The highest BCUT2D eigenvalue weighted by atomic mass is 79.9. The van der Waals surface area contributed by atoms with Crippen molar-refractivity contribution < 1.29 is 9.15 Å². The fourth-order valence-electron chi connectivity index (χ4n) is 0.698. The van der Waals surface area contributed by atoms with E-state index in [9.17, 15) is 4.79 Å². The van der Waals surface area contributed by atoms with E-state index in [4.69, 9.17) is 9.15 Å². The molecule has 0 radical (unpaired) electrons. The van der Waals surface area contributed by atoms with Gasteiger partial charge in [-0.3, -0.25) is 0 Å². The molecule has 0 unspecified atom stereocenters. The molecule has 0 aliphatic heterocycles. The van der Waals surface area contributed by atoms with E-state index >= 15 is 0 Å². The summed E-state index contributed by atoms with van der Waals surface area (Å²) in [4.78, 5) is 10.9. The number of alkyl halides is 2. The number of hydrogen-bond donors (Lipinski definition) is 0. The van der Waals surface area contributed by atoms with Gasteiger partial charge in [-0.1, -0.05) is 31.9 Å². The lowest BCUT2D eigenvalue weighted by atomic mass is 10.4. The van der Waals surface area contributed by atoms with Crippen molar-refractivity contribution in [2.75, 3.05) is 7.11 Å². The van der Waals surface area contributed by atoms with Crippen LogP contribution in [0.4, 0.5) is 0 Å². The lowest BCUT2D eigenvalue weighted by molar-refractivity contribution is 0.396. The predicted molar refractivity (Wildman–Crippen MR) is 52.1 cm³/mol. The van der Waals surface area contributed by atoms with Crippen LogP contribution in [0.25, 0.3) is 0 Å². The molecule has 1 heterocycles. The van der Waals surface area contributed by atoms with Gasteiger partial charge < -0.3 is 9.15 Å². The Hall–Kier alpha value is -0.290. The Bertz CT molecular complexity index is 319. The van der Waals surface area contributed by atoms with E-state index in [0.29, 0.717) is 11.5 Å². The molecule has 0 spiro atoms. The Morgan fingerprint density at radius 1 is 1.50 bits per heavy atom. The minimum Gasteiger partial charge on any atom is -0.496 e. The average molecular weight is 298 g/mol. The van der Waals surface area contributed by atoms with Gasteiger partial charge in [-0.2, -0.15) is 0 Å². The Morgan fingerprint density at radius 2 is 2.17 bits per heavy atom. The van der Waals surface area contributed by atoms with E-state index in [1.54, 1.807) is 6.07 Å². The topological polar surface area (TPSA) is 39.4 Å². The molecule has 0 amide bonds. The third-order valence-corrected chi connectivity index (χ3v) is 2.12. The third-order valence-electron chi connectivity index (χ3n) is 1.21. The Labute approximate surface area is 86.0 Å². The predicted octanol–water partition coefficient (Wildman–Crippen LogP) is 2.44. The largest absolute Gasteiger partial charge is 0.496 e. The lowest BCUT2D eigenvalue weighted by Gasteiger charge is -2.02. The zero-order valence-corrected chi connectivity index (χ0v) is 9.38. The van der Waals surface area contributed by atoms with Crippen LogP contribution in [0.5, 0.6) is 5.75 Å². The van der Waals surface area contributed by atoms with Crippen LogP contribution in [0.3, 0.4) is 0 Å². The van der Waals surface area contributed by atoms with Crippen LogP contribution in [0.2, 0.25) is 0 Å². The van der Waals surface area contributed by atoms with E-state index in [1.807, 2.05) is 0 Å². The second-order valence-electron chi connectivity index (χ2n) is 2.02. The molecule has 0 N–H and O–H groups in total. The Morgan fingerprint density at radius 3 is 2.67 bits per heavy atom. The van der Waals surface area contributed by atoms with Crippen molar-refractivity contribution in [3.05, 3.63) is 28.3 Å². The van der Waals surface area contributed by atoms with Crippen LogP contribution in [-0.4, -0.2) is 7.11 Å². The first kappa shape index (κ1) is 9.80. The van der Waals surface area contributed by atoms with Crippen molar-refractivity contribution >= 4 is 31.9 Å². The van der Waals surface area contributed by atoms with Crippen molar-refractivity contribution in [1.29, 1.82) is 0 Å². The van der Waals surface area contributed by atoms with Crippen LogP contribution >= 0.6 is 31.9 Å². The summed E-state index contributed by atoms with van der Waals surface area (Å²) in [6, 6.07) is 2.92. The molecule has 1 rings (SSSR count). The van der Waals surface area contributed by atoms with E-state index in [0.717, 1.165) is 0 Å². The third kappa shape index (κ3) is 2.35. The van der Waals surface area contributed by atoms with Gasteiger partial charge in [0.1, 0.15) is 15.2 Å². The Balaban J connectivity index is 3.15. The zero-order valence-electron chi connectivity index (χ0n) is 6.21. The quantitative estimate of drug-likeness (QED) is 0.787.